The standard InChI is InChI=1S/C25H33N3O5S2/c1-24-8-7-19(31)25(2,13-29)18(24)11-17-22(28-23(35-17)27-21(33)12-34-3)16(24)10-20(32)26-14-5-4-6-15(30)9-14/h4-6,9,16,18-19,29-31H,7-8,10-13H2,1-3H3,(H,26,32)(H,27,28,33)/t16-,18+,19-,24+,25+/m1/s1. The van der Waals surface area contributed by atoms with Gasteiger partial charge >= 0.3 is 0 Å². The Bertz CT molecular complexity index is 1110. The van der Waals surface area contributed by atoms with Crippen molar-refractivity contribution < 1.29 is 24.9 Å². The highest BCUT2D eigenvalue weighted by Gasteiger charge is 2.59. The molecule has 10 heteroatoms. The van der Waals surface area contributed by atoms with Crippen LogP contribution in [0.4, 0.5) is 10.8 Å². The van der Waals surface area contributed by atoms with Gasteiger partial charge in [-0.15, -0.1) is 11.3 Å². The van der Waals surface area contributed by atoms with Crippen molar-refractivity contribution in [3.05, 3.63) is 34.8 Å². The number of hydrogen-bond acceptors (Lipinski definition) is 8. The number of hydrogen-bond donors (Lipinski definition) is 5. The van der Waals surface area contributed by atoms with Gasteiger partial charge in [0.25, 0.3) is 0 Å². The summed E-state index contributed by atoms with van der Waals surface area (Å²) in [6, 6.07) is 6.42. The Hall–Kier alpha value is -2.14. The van der Waals surface area contributed by atoms with Gasteiger partial charge in [-0.1, -0.05) is 19.9 Å². The molecule has 0 bridgehead atoms. The van der Waals surface area contributed by atoms with Crippen molar-refractivity contribution in [2.24, 2.45) is 16.7 Å². The van der Waals surface area contributed by atoms with E-state index in [1.54, 1.807) is 18.2 Å². The number of rotatable bonds is 7. The van der Waals surface area contributed by atoms with Gasteiger partial charge in [0.05, 0.1) is 24.2 Å². The van der Waals surface area contributed by atoms with Crippen molar-refractivity contribution in [2.45, 2.75) is 51.6 Å². The van der Waals surface area contributed by atoms with Gasteiger partial charge in [0, 0.05) is 34.4 Å². The summed E-state index contributed by atoms with van der Waals surface area (Å²) in [6.07, 6.45) is 3.24. The molecule has 2 amide bonds. The van der Waals surface area contributed by atoms with Crippen molar-refractivity contribution in [2.75, 3.05) is 29.2 Å². The van der Waals surface area contributed by atoms with Gasteiger partial charge in [0.1, 0.15) is 5.75 Å². The van der Waals surface area contributed by atoms with Crippen LogP contribution in [0.5, 0.6) is 5.75 Å². The highest BCUT2D eigenvalue weighted by Crippen LogP contribution is 2.62. The first kappa shape index (κ1) is 25.9. The number of amides is 2. The topological polar surface area (TPSA) is 132 Å². The molecule has 4 rings (SSSR count). The van der Waals surface area contributed by atoms with E-state index in [2.05, 4.69) is 17.6 Å². The second-order valence-electron chi connectivity index (χ2n) is 10.1. The molecule has 1 fully saturated rings. The lowest BCUT2D eigenvalue weighted by Crippen LogP contribution is -2.57. The Morgan fingerprint density at radius 3 is 2.71 bits per heavy atom. The third-order valence-corrected chi connectivity index (χ3v) is 9.49. The minimum absolute atomic E-state index is 0.0648. The molecule has 8 nitrogen and oxygen atoms in total. The summed E-state index contributed by atoms with van der Waals surface area (Å²) in [4.78, 5) is 31.2. The number of phenols is 1. The zero-order chi connectivity index (χ0) is 25.4. The maximum Gasteiger partial charge on any atom is 0.236 e. The fourth-order valence-corrected chi connectivity index (χ4v) is 7.39. The van der Waals surface area contributed by atoms with E-state index in [-0.39, 0.29) is 47.8 Å². The number of thioether (sulfide) groups is 1. The highest BCUT2D eigenvalue weighted by molar-refractivity contribution is 7.99. The van der Waals surface area contributed by atoms with Crippen LogP contribution >= 0.6 is 23.1 Å². The Kier molecular flexibility index (Phi) is 7.47. The molecule has 0 spiro atoms. The molecule has 2 aliphatic carbocycles. The normalized spacial score (nSPS) is 29.7. The van der Waals surface area contributed by atoms with Gasteiger partial charge in [0.15, 0.2) is 5.13 Å². The van der Waals surface area contributed by atoms with Gasteiger partial charge in [-0.3, -0.25) is 9.59 Å². The number of aromatic nitrogens is 1. The number of carbonyl (C=O) groups excluding carboxylic acids is 2. The van der Waals surface area contributed by atoms with Crippen LogP contribution in [0.15, 0.2) is 24.3 Å². The monoisotopic (exact) mass is 519 g/mol. The fraction of sp³-hybridized carbons (Fsp3) is 0.560. The van der Waals surface area contributed by atoms with E-state index in [1.165, 1.54) is 29.2 Å². The Labute approximate surface area is 213 Å². The summed E-state index contributed by atoms with van der Waals surface area (Å²) in [7, 11) is 0. The molecule has 1 saturated carbocycles. The van der Waals surface area contributed by atoms with E-state index >= 15 is 0 Å². The third kappa shape index (κ3) is 4.94. The molecular formula is C25H33N3O5S2. The molecule has 0 radical (unpaired) electrons. The summed E-state index contributed by atoms with van der Waals surface area (Å²) < 4.78 is 0. The molecule has 1 aromatic carbocycles. The second kappa shape index (κ2) is 10.1. The molecule has 190 valence electrons. The number of phenolic OH excluding ortho intramolecular Hbond substituents is 1. The lowest BCUT2D eigenvalue weighted by Gasteiger charge is -2.58. The third-order valence-electron chi connectivity index (χ3n) is 7.93. The van der Waals surface area contributed by atoms with E-state index in [0.717, 1.165) is 10.6 Å². The quantitative estimate of drug-likeness (QED) is 0.378. The lowest BCUT2D eigenvalue weighted by molar-refractivity contribution is -0.143. The highest BCUT2D eigenvalue weighted by atomic mass is 32.2. The van der Waals surface area contributed by atoms with Crippen LogP contribution in [0.25, 0.3) is 0 Å². The molecule has 2 aromatic rings. The van der Waals surface area contributed by atoms with Crippen LogP contribution in [0.1, 0.15) is 49.6 Å². The van der Waals surface area contributed by atoms with E-state index in [4.69, 9.17) is 4.98 Å². The van der Waals surface area contributed by atoms with E-state index in [9.17, 15) is 24.9 Å². The van der Waals surface area contributed by atoms with Crippen molar-refractivity contribution in [1.29, 1.82) is 0 Å². The minimum atomic E-state index is -0.711. The van der Waals surface area contributed by atoms with E-state index < -0.39 is 11.5 Å². The molecule has 0 saturated heterocycles. The molecule has 2 aliphatic rings. The van der Waals surface area contributed by atoms with Crippen LogP contribution in [0.2, 0.25) is 0 Å². The summed E-state index contributed by atoms with van der Waals surface area (Å²) >= 11 is 2.84. The number of nitrogens with zero attached hydrogens (tertiary/aromatic N) is 1. The summed E-state index contributed by atoms with van der Waals surface area (Å²) in [5.74, 6) is -0.249. The molecule has 35 heavy (non-hydrogen) atoms. The molecule has 1 aromatic heterocycles. The van der Waals surface area contributed by atoms with Gasteiger partial charge in [0.2, 0.25) is 11.8 Å². The van der Waals surface area contributed by atoms with Crippen molar-refractivity contribution in [3.63, 3.8) is 0 Å². The van der Waals surface area contributed by atoms with Crippen LogP contribution in [-0.2, 0) is 16.0 Å². The minimum Gasteiger partial charge on any atom is -0.508 e. The van der Waals surface area contributed by atoms with E-state index in [1.807, 2.05) is 13.2 Å². The molecule has 0 unspecified atom stereocenters. The second-order valence-corrected chi connectivity index (χ2v) is 12.1. The number of fused-ring (bicyclic) bond motifs is 2. The predicted octanol–water partition coefficient (Wildman–Crippen LogP) is 3.59. The number of benzene rings is 1. The van der Waals surface area contributed by atoms with E-state index in [0.29, 0.717) is 35.8 Å². The lowest BCUT2D eigenvalue weighted by atomic mass is 9.47. The number of aliphatic hydroxyl groups excluding tert-OH is 2. The van der Waals surface area contributed by atoms with Crippen molar-refractivity contribution in [3.8, 4) is 5.75 Å². The van der Waals surface area contributed by atoms with Crippen molar-refractivity contribution in [1.82, 2.24) is 4.98 Å². The number of anilines is 2. The van der Waals surface area contributed by atoms with Crippen LogP contribution in [0, 0.1) is 16.7 Å². The van der Waals surface area contributed by atoms with Crippen LogP contribution < -0.4 is 10.6 Å². The smallest absolute Gasteiger partial charge is 0.236 e. The van der Waals surface area contributed by atoms with Crippen LogP contribution in [0.3, 0.4) is 0 Å². The summed E-state index contributed by atoms with van der Waals surface area (Å²) in [5, 5.41) is 37.3. The largest absolute Gasteiger partial charge is 0.508 e. The Balaban J connectivity index is 1.70. The fourth-order valence-electron chi connectivity index (χ4n) is 5.97. The zero-order valence-corrected chi connectivity index (χ0v) is 21.8. The Morgan fingerprint density at radius 2 is 2.03 bits per heavy atom. The van der Waals surface area contributed by atoms with Gasteiger partial charge in [-0.05, 0) is 49.0 Å². The van der Waals surface area contributed by atoms with Gasteiger partial charge in [-0.2, -0.15) is 11.8 Å². The number of aromatic hydroxyl groups is 1. The first-order valence-electron chi connectivity index (χ1n) is 11.8. The molecular weight excluding hydrogens is 486 g/mol. The summed E-state index contributed by atoms with van der Waals surface area (Å²) in [5.41, 5.74) is 0.233. The number of nitrogens with one attached hydrogen (secondary N) is 2. The maximum absolute atomic E-state index is 13.2. The van der Waals surface area contributed by atoms with Crippen LogP contribution in [-0.4, -0.2) is 56.8 Å². The molecule has 1 heterocycles. The number of thiazole rings is 1. The maximum atomic E-state index is 13.2. The molecule has 0 aliphatic heterocycles. The van der Waals surface area contributed by atoms with Gasteiger partial charge in [-0.25, -0.2) is 4.98 Å². The zero-order valence-electron chi connectivity index (χ0n) is 20.2. The molecule has 5 N–H and O–H groups in total. The Morgan fingerprint density at radius 1 is 1.26 bits per heavy atom. The summed E-state index contributed by atoms with van der Waals surface area (Å²) in [6.45, 7) is 3.91. The number of aliphatic hydroxyl groups is 2. The first-order chi connectivity index (χ1) is 16.6. The van der Waals surface area contributed by atoms with Gasteiger partial charge < -0.3 is 26.0 Å². The number of carbonyl (C=O) groups is 2. The van der Waals surface area contributed by atoms with Crippen molar-refractivity contribution >= 4 is 45.7 Å². The average Bonchev–Trinajstić information content (AvgIpc) is 3.20. The first-order valence-corrected chi connectivity index (χ1v) is 14.0. The SMILES string of the molecule is CSCC(=O)Nc1nc2c(s1)C[C@@H]1[C@](C)(CO)[C@H](O)CC[C@@]1(C)[C@@H]2CC(=O)Nc1cccc(O)c1. The average molecular weight is 520 g/mol. The predicted molar refractivity (Wildman–Crippen MR) is 139 cm³/mol. The molecule has 5 atom stereocenters.